The predicted molar refractivity (Wildman–Crippen MR) is 119 cm³/mol. The van der Waals surface area contributed by atoms with Gasteiger partial charge in [0.15, 0.2) is 0 Å². The van der Waals surface area contributed by atoms with Crippen LogP contribution < -0.4 is 9.47 Å². The van der Waals surface area contributed by atoms with Crippen LogP contribution in [-0.2, 0) is 23.9 Å². The summed E-state index contributed by atoms with van der Waals surface area (Å²) in [5.74, 6) is 1.06. The van der Waals surface area contributed by atoms with Crippen LogP contribution in [0, 0.1) is 0 Å². The molecule has 33 heavy (non-hydrogen) atoms. The molecule has 0 saturated carbocycles. The molecule has 0 unspecified atom stereocenters. The van der Waals surface area contributed by atoms with Crippen LogP contribution in [0.1, 0.15) is 23.3 Å². The second-order valence-corrected chi connectivity index (χ2v) is 9.99. The number of hydrogen-bond donors (Lipinski definition) is 0. The first-order valence-corrected chi connectivity index (χ1v) is 11.9. The van der Waals surface area contributed by atoms with E-state index in [1.165, 1.54) is 15.6 Å². The standard InChI is InChI=1S/C21H26N6O5S/c1-25-13-22-23-21(25)33(29,30)15-7-9-27(10-8-15)20(28)18-12-17(24-26(18)2)16-11-14(31-3)5-6-19(16)32-4/h5-6,11-13,15H,7-10H2,1-4H3. The second-order valence-electron chi connectivity index (χ2n) is 7.87. The lowest BCUT2D eigenvalue weighted by molar-refractivity contribution is 0.0714. The molecule has 3 heterocycles. The minimum absolute atomic E-state index is 0.0456. The number of piperidine rings is 1. The van der Waals surface area contributed by atoms with Crippen LogP contribution in [0.2, 0.25) is 0 Å². The second kappa shape index (κ2) is 8.85. The molecule has 4 rings (SSSR count). The maximum Gasteiger partial charge on any atom is 0.272 e. The fraction of sp³-hybridized carbons (Fsp3) is 0.429. The molecule has 0 atom stereocenters. The van der Waals surface area contributed by atoms with Crippen molar-refractivity contribution in [1.82, 2.24) is 29.4 Å². The Morgan fingerprint density at radius 1 is 1.09 bits per heavy atom. The van der Waals surface area contributed by atoms with E-state index in [1.807, 2.05) is 0 Å². The van der Waals surface area contributed by atoms with E-state index in [-0.39, 0.29) is 11.1 Å². The van der Waals surface area contributed by atoms with Gasteiger partial charge in [-0.2, -0.15) is 5.10 Å². The molecule has 1 saturated heterocycles. The van der Waals surface area contributed by atoms with Gasteiger partial charge in [-0.15, -0.1) is 10.2 Å². The third-order valence-electron chi connectivity index (χ3n) is 5.87. The van der Waals surface area contributed by atoms with E-state index in [9.17, 15) is 13.2 Å². The van der Waals surface area contributed by atoms with Crippen molar-refractivity contribution in [2.45, 2.75) is 23.2 Å². The Balaban J connectivity index is 1.52. The number of aryl methyl sites for hydroxylation is 2. The highest BCUT2D eigenvalue weighted by Gasteiger charge is 2.36. The van der Waals surface area contributed by atoms with E-state index >= 15 is 0 Å². The SMILES string of the molecule is COc1ccc(OC)c(-c2cc(C(=O)N3CCC(S(=O)(=O)c4nncn4C)CC3)n(C)n2)c1. The van der Waals surface area contributed by atoms with E-state index in [0.717, 1.165) is 0 Å². The summed E-state index contributed by atoms with van der Waals surface area (Å²) in [5.41, 5.74) is 1.70. The van der Waals surface area contributed by atoms with Crippen LogP contribution in [0.4, 0.5) is 0 Å². The molecule has 1 aliphatic rings. The first kappa shape index (κ1) is 22.8. The van der Waals surface area contributed by atoms with Gasteiger partial charge in [0, 0.05) is 32.7 Å². The predicted octanol–water partition coefficient (Wildman–Crippen LogP) is 1.31. The highest BCUT2D eigenvalue weighted by Crippen LogP contribution is 2.33. The summed E-state index contributed by atoms with van der Waals surface area (Å²) >= 11 is 0. The quantitative estimate of drug-likeness (QED) is 0.524. The topological polar surface area (TPSA) is 121 Å². The van der Waals surface area contributed by atoms with E-state index < -0.39 is 15.1 Å². The first-order chi connectivity index (χ1) is 15.8. The van der Waals surface area contributed by atoms with Crippen molar-refractivity contribution < 1.29 is 22.7 Å². The molecule has 0 N–H and O–H groups in total. The van der Waals surface area contributed by atoms with Crippen molar-refractivity contribution in [1.29, 1.82) is 0 Å². The third-order valence-corrected chi connectivity index (χ3v) is 8.10. The summed E-state index contributed by atoms with van der Waals surface area (Å²) in [5, 5.41) is 11.3. The van der Waals surface area contributed by atoms with Crippen LogP contribution in [0.3, 0.4) is 0 Å². The lowest BCUT2D eigenvalue weighted by Gasteiger charge is -2.31. The van der Waals surface area contributed by atoms with E-state index in [2.05, 4.69) is 15.3 Å². The monoisotopic (exact) mass is 474 g/mol. The molecule has 1 amide bonds. The van der Waals surface area contributed by atoms with E-state index in [1.54, 1.807) is 57.5 Å². The number of benzene rings is 1. The number of hydrogen-bond acceptors (Lipinski definition) is 8. The molecule has 2 aromatic heterocycles. The summed E-state index contributed by atoms with van der Waals surface area (Å²) in [6, 6.07) is 7.09. The van der Waals surface area contributed by atoms with Crippen molar-refractivity contribution >= 4 is 15.7 Å². The smallest absolute Gasteiger partial charge is 0.272 e. The highest BCUT2D eigenvalue weighted by molar-refractivity contribution is 7.91. The maximum absolute atomic E-state index is 13.2. The normalized spacial score (nSPS) is 15.0. The van der Waals surface area contributed by atoms with Gasteiger partial charge in [0.1, 0.15) is 23.5 Å². The Morgan fingerprint density at radius 3 is 2.42 bits per heavy atom. The summed E-state index contributed by atoms with van der Waals surface area (Å²) in [4.78, 5) is 14.9. The average Bonchev–Trinajstić information content (AvgIpc) is 3.44. The fourth-order valence-corrected chi connectivity index (χ4v) is 5.76. The highest BCUT2D eigenvalue weighted by atomic mass is 32.2. The molecule has 12 heteroatoms. The molecule has 1 aliphatic heterocycles. The van der Waals surface area contributed by atoms with Gasteiger partial charge in [0.2, 0.25) is 15.0 Å². The summed E-state index contributed by atoms with van der Waals surface area (Å²) in [6.07, 6.45) is 2.02. The molecule has 0 radical (unpaired) electrons. The number of likely N-dealkylation sites (tertiary alicyclic amines) is 1. The average molecular weight is 475 g/mol. The number of carbonyl (C=O) groups is 1. The Bertz CT molecular complexity index is 1270. The zero-order chi connectivity index (χ0) is 23.8. The van der Waals surface area contributed by atoms with Crippen molar-refractivity contribution in [2.75, 3.05) is 27.3 Å². The van der Waals surface area contributed by atoms with E-state index in [4.69, 9.17) is 9.47 Å². The lowest BCUT2D eigenvalue weighted by Crippen LogP contribution is -2.43. The van der Waals surface area contributed by atoms with Crippen LogP contribution in [-0.4, -0.2) is 76.3 Å². The zero-order valence-electron chi connectivity index (χ0n) is 18.9. The molecule has 0 spiro atoms. The maximum atomic E-state index is 13.2. The van der Waals surface area contributed by atoms with Gasteiger partial charge >= 0.3 is 0 Å². The molecular weight excluding hydrogens is 448 g/mol. The number of aromatic nitrogens is 5. The molecule has 1 fully saturated rings. The van der Waals surface area contributed by atoms with Crippen LogP contribution in [0.15, 0.2) is 35.7 Å². The number of methoxy groups -OCH3 is 2. The summed E-state index contributed by atoms with van der Waals surface area (Å²) in [7, 11) is 2.84. The number of ether oxygens (including phenoxy) is 2. The van der Waals surface area contributed by atoms with Gasteiger partial charge in [0.05, 0.1) is 25.2 Å². The van der Waals surface area contributed by atoms with Crippen molar-refractivity contribution in [3.05, 3.63) is 36.3 Å². The fourth-order valence-electron chi connectivity index (χ4n) is 4.02. The van der Waals surface area contributed by atoms with Gasteiger partial charge in [0.25, 0.3) is 5.91 Å². The number of sulfone groups is 1. The summed E-state index contributed by atoms with van der Waals surface area (Å²) in [6.45, 7) is 0.646. The number of carbonyl (C=O) groups excluding carboxylic acids is 1. The van der Waals surface area contributed by atoms with Crippen LogP contribution in [0.25, 0.3) is 11.3 Å². The molecule has 0 aliphatic carbocycles. The lowest BCUT2D eigenvalue weighted by atomic mass is 10.1. The molecule has 11 nitrogen and oxygen atoms in total. The molecule has 176 valence electrons. The third kappa shape index (κ3) is 4.17. The van der Waals surface area contributed by atoms with E-state index in [0.29, 0.717) is 54.4 Å². The number of nitrogens with zero attached hydrogens (tertiary/aromatic N) is 6. The van der Waals surface area contributed by atoms with Crippen LogP contribution >= 0.6 is 0 Å². The minimum Gasteiger partial charge on any atom is -0.497 e. The Hall–Kier alpha value is -3.41. The van der Waals surface area contributed by atoms with Crippen LogP contribution in [0.5, 0.6) is 11.5 Å². The van der Waals surface area contributed by atoms with Gasteiger partial charge in [-0.25, -0.2) is 8.42 Å². The van der Waals surface area contributed by atoms with Gasteiger partial charge < -0.3 is 18.9 Å². The van der Waals surface area contributed by atoms with Crippen molar-refractivity contribution in [3.63, 3.8) is 0 Å². The molecule has 1 aromatic carbocycles. The van der Waals surface area contributed by atoms with Gasteiger partial charge in [-0.1, -0.05) is 0 Å². The largest absolute Gasteiger partial charge is 0.497 e. The number of rotatable bonds is 6. The minimum atomic E-state index is -3.61. The first-order valence-electron chi connectivity index (χ1n) is 10.4. The molecular formula is C21H26N6O5S. The number of amides is 1. The Kier molecular flexibility index (Phi) is 6.11. The molecule has 3 aromatic rings. The zero-order valence-corrected chi connectivity index (χ0v) is 19.7. The molecule has 0 bridgehead atoms. The van der Waals surface area contributed by atoms with Gasteiger partial charge in [-0.3, -0.25) is 9.48 Å². The van der Waals surface area contributed by atoms with Crippen molar-refractivity contribution in [2.24, 2.45) is 14.1 Å². The van der Waals surface area contributed by atoms with Gasteiger partial charge in [-0.05, 0) is 37.1 Å². The summed E-state index contributed by atoms with van der Waals surface area (Å²) < 4.78 is 39.4. The Labute approximate surface area is 191 Å². The Morgan fingerprint density at radius 2 is 1.82 bits per heavy atom. The van der Waals surface area contributed by atoms with Crippen molar-refractivity contribution in [3.8, 4) is 22.8 Å².